The normalized spacial score (nSPS) is 12.4. The highest BCUT2D eigenvalue weighted by molar-refractivity contribution is 7.91. The minimum Gasteiger partial charge on any atom is -0.495 e. The first-order valence-electron chi connectivity index (χ1n) is 9.39. The molecule has 3 rings (SSSR count). The molecule has 1 amide bonds. The Morgan fingerprint density at radius 2 is 1.90 bits per heavy atom. The van der Waals surface area contributed by atoms with Gasteiger partial charge in [-0.25, -0.2) is 8.42 Å². The van der Waals surface area contributed by atoms with Crippen LogP contribution in [-0.4, -0.2) is 31.8 Å². The smallest absolute Gasteiger partial charge is 0.248 e. The molecule has 0 aliphatic rings. The predicted octanol–water partition coefficient (Wildman–Crippen LogP) is 3.72. The molecule has 0 N–H and O–H groups in total. The minimum absolute atomic E-state index is 0.0780. The Hall–Kier alpha value is -2.45. The van der Waals surface area contributed by atoms with Crippen molar-refractivity contribution in [3.8, 4) is 5.75 Å². The van der Waals surface area contributed by atoms with Gasteiger partial charge in [0.25, 0.3) is 0 Å². The molecular formula is C21H24N2O4S2. The Balaban J connectivity index is 1.75. The van der Waals surface area contributed by atoms with Gasteiger partial charge in [0.05, 0.1) is 22.5 Å². The Kier molecular flexibility index (Phi) is 6.54. The molecule has 0 radical (unpaired) electrons. The zero-order valence-corrected chi connectivity index (χ0v) is 18.3. The van der Waals surface area contributed by atoms with Gasteiger partial charge in [0.1, 0.15) is 11.3 Å². The second-order valence-electron chi connectivity index (χ2n) is 6.68. The fourth-order valence-corrected chi connectivity index (χ4v) is 5.52. The molecular weight excluding hydrogens is 408 g/mol. The largest absolute Gasteiger partial charge is 0.495 e. The molecule has 0 atom stereocenters. The third kappa shape index (κ3) is 4.76. The van der Waals surface area contributed by atoms with Crippen molar-refractivity contribution in [1.29, 1.82) is 0 Å². The molecule has 0 saturated carbocycles. The number of fused-ring (bicyclic) bond motifs is 1. The van der Waals surface area contributed by atoms with E-state index in [-0.39, 0.29) is 29.4 Å². The average Bonchev–Trinajstić information content (AvgIpc) is 3.05. The van der Waals surface area contributed by atoms with Gasteiger partial charge >= 0.3 is 0 Å². The van der Waals surface area contributed by atoms with Crippen LogP contribution in [0.3, 0.4) is 0 Å². The number of rotatable bonds is 7. The van der Waals surface area contributed by atoms with Crippen molar-refractivity contribution in [2.24, 2.45) is 4.99 Å². The number of carbonyl (C=O) groups is 1. The average molecular weight is 433 g/mol. The van der Waals surface area contributed by atoms with E-state index in [4.69, 9.17) is 4.74 Å². The van der Waals surface area contributed by atoms with Gasteiger partial charge in [0, 0.05) is 13.0 Å². The second-order valence-corrected chi connectivity index (χ2v) is 9.80. The van der Waals surface area contributed by atoms with E-state index in [9.17, 15) is 13.2 Å². The van der Waals surface area contributed by atoms with Crippen molar-refractivity contribution >= 4 is 37.3 Å². The number of hydrogen-bond donors (Lipinski definition) is 0. The lowest BCUT2D eigenvalue weighted by atomic mass is 10.2. The van der Waals surface area contributed by atoms with Crippen LogP contribution < -0.4 is 9.54 Å². The maximum atomic E-state index is 12.4. The van der Waals surface area contributed by atoms with E-state index in [1.807, 2.05) is 36.6 Å². The number of carbonyl (C=O) groups excluding carboxylic acids is 1. The van der Waals surface area contributed by atoms with Gasteiger partial charge < -0.3 is 9.30 Å². The van der Waals surface area contributed by atoms with Crippen LogP contribution in [0.25, 0.3) is 10.2 Å². The van der Waals surface area contributed by atoms with E-state index in [2.05, 4.69) is 4.99 Å². The predicted molar refractivity (Wildman–Crippen MR) is 115 cm³/mol. The van der Waals surface area contributed by atoms with Crippen LogP contribution in [0.1, 0.15) is 25.3 Å². The highest BCUT2D eigenvalue weighted by Gasteiger charge is 2.15. The molecule has 0 fully saturated rings. The number of nitrogens with zero attached hydrogens (tertiary/aromatic N) is 2. The summed E-state index contributed by atoms with van der Waals surface area (Å²) >= 11 is 1.42. The Morgan fingerprint density at radius 1 is 1.17 bits per heavy atom. The lowest BCUT2D eigenvalue weighted by molar-refractivity contribution is -0.118. The number of hydrogen-bond acceptors (Lipinski definition) is 5. The molecule has 0 bridgehead atoms. The van der Waals surface area contributed by atoms with Crippen LogP contribution in [0.2, 0.25) is 0 Å². The molecule has 1 heterocycles. The summed E-state index contributed by atoms with van der Waals surface area (Å²) in [5, 5.41) is 0. The highest BCUT2D eigenvalue weighted by atomic mass is 32.2. The molecule has 2 aromatic carbocycles. The number of thiazole rings is 1. The summed E-state index contributed by atoms with van der Waals surface area (Å²) in [6, 6.07) is 12.5. The summed E-state index contributed by atoms with van der Waals surface area (Å²) in [5.41, 5.74) is 1.91. The molecule has 0 aliphatic carbocycles. The Morgan fingerprint density at radius 3 is 2.55 bits per heavy atom. The van der Waals surface area contributed by atoms with Gasteiger partial charge in [-0.3, -0.25) is 4.79 Å². The molecule has 154 valence electrons. The number of methoxy groups -OCH3 is 1. The maximum Gasteiger partial charge on any atom is 0.248 e. The fraction of sp³-hybridized carbons (Fsp3) is 0.333. The van der Waals surface area contributed by atoms with Crippen molar-refractivity contribution in [1.82, 2.24) is 4.57 Å². The van der Waals surface area contributed by atoms with Gasteiger partial charge in [-0.1, -0.05) is 35.1 Å². The van der Waals surface area contributed by atoms with Crippen molar-refractivity contribution in [3.63, 3.8) is 0 Å². The first-order chi connectivity index (χ1) is 13.9. The molecule has 1 aromatic heterocycles. The summed E-state index contributed by atoms with van der Waals surface area (Å²) in [4.78, 5) is 17.5. The number of amides is 1. The number of benzene rings is 2. The van der Waals surface area contributed by atoms with Gasteiger partial charge in [0.2, 0.25) is 5.91 Å². The topological polar surface area (TPSA) is 77.7 Å². The van der Waals surface area contributed by atoms with Gasteiger partial charge in [0.15, 0.2) is 14.6 Å². The van der Waals surface area contributed by atoms with Crippen LogP contribution in [0, 0.1) is 6.92 Å². The van der Waals surface area contributed by atoms with Gasteiger partial charge in [-0.2, -0.15) is 4.99 Å². The summed E-state index contributed by atoms with van der Waals surface area (Å²) in [6.07, 6.45) is 0.319. The number of para-hydroxylation sites is 1. The van der Waals surface area contributed by atoms with E-state index < -0.39 is 9.84 Å². The molecule has 29 heavy (non-hydrogen) atoms. The SMILES string of the molecule is CCn1c(=NC(=O)CCCS(=O)(=O)c2ccc(C)cc2)sc2cccc(OC)c21. The lowest BCUT2D eigenvalue weighted by Crippen LogP contribution is -2.16. The van der Waals surface area contributed by atoms with Crippen molar-refractivity contribution < 1.29 is 17.9 Å². The minimum atomic E-state index is -3.40. The monoisotopic (exact) mass is 432 g/mol. The third-order valence-electron chi connectivity index (χ3n) is 4.60. The number of aryl methyl sites for hydroxylation is 2. The fourth-order valence-electron chi connectivity index (χ4n) is 3.08. The quantitative estimate of drug-likeness (QED) is 0.570. The zero-order valence-electron chi connectivity index (χ0n) is 16.7. The van der Waals surface area contributed by atoms with E-state index in [0.29, 0.717) is 11.3 Å². The number of sulfone groups is 1. The molecule has 0 spiro atoms. The van der Waals surface area contributed by atoms with Crippen LogP contribution >= 0.6 is 11.3 Å². The van der Waals surface area contributed by atoms with Crippen molar-refractivity contribution in [3.05, 3.63) is 52.8 Å². The molecule has 0 saturated heterocycles. The molecule has 3 aromatic rings. The van der Waals surface area contributed by atoms with Crippen LogP contribution in [0.4, 0.5) is 0 Å². The van der Waals surface area contributed by atoms with E-state index in [1.54, 1.807) is 31.4 Å². The van der Waals surface area contributed by atoms with Gasteiger partial charge in [-0.05, 0) is 44.5 Å². The first-order valence-corrected chi connectivity index (χ1v) is 11.9. The standard InChI is InChI=1S/C21H24N2O4S2/c1-4-23-20-17(27-3)7-5-8-18(20)28-21(23)22-19(24)9-6-14-29(25,26)16-12-10-15(2)11-13-16/h5,7-8,10-13H,4,6,9,14H2,1-3H3. The van der Waals surface area contributed by atoms with Crippen LogP contribution in [0.5, 0.6) is 5.75 Å². The zero-order chi connectivity index (χ0) is 21.0. The highest BCUT2D eigenvalue weighted by Crippen LogP contribution is 2.27. The lowest BCUT2D eigenvalue weighted by Gasteiger charge is -2.05. The van der Waals surface area contributed by atoms with Gasteiger partial charge in [-0.15, -0.1) is 0 Å². The summed E-state index contributed by atoms with van der Waals surface area (Å²) in [5.74, 6) is 0.334. The first kappa shape index (κ1) is 21.3. The summed E-state index contributed by atoms with van der Waals surface area (Å²) < 4.78 is 33.2. The molecule has 8 heteroatoms. The molecule has 6 nitrogen and oxygen atoms in total. The maximum absolute atomic E-state index is 12.4. The van der Waals surface area contributed by atoms with E-state index >= 15 is 0 Å². The van der Waals surface area contributed by atoms with Crippen LogP contribution in [-0.2, 0) is 21.2 Å². The third-order valence-corrected chi connectivity index (χ3v) is 7.46. The Labute approximate surface area is 174 Å². The summed E-state index contributed by atoms with van der Waals surface area (Å²) in [7, 11) is -1.79. The molecule has 0 aliphatic heterocycles. The summed E-state index contributed by atoms with van der Waals surface area (Å²) in [6.45, 7) is 4.53. The number of aromatic nitrogens is 1. The van der Waals surface area contributed by atoms with E-state index in [1.165, 1.54) is 11.3 Å². The number of ether oxygens (including phenoxy) is 1. The van der Waals surface area contributed by atoms with Crippen molar-refractivity contribution in [2.45, 2.75) is 38.1 Å². The van der Waals surface area contributed by atoms with E-state index in [0.717, 1.165) is 21.5 Å². The Bertz CT molecular complexity index is 1190. The molecule has 0 unspecified atom stereocenters. The van der Waals surface area contributed by atoms with Crippen molar-refractivity contribution in [2.75, 3.05) is 12.9 Å². The second kappa shape index (κ2) is 8.92. The van der Waals surface area contributed by atoms with Crippen LogP contribution in [0.15, 0.2) is 52.4 Å².